The standard InChI is InChI=1S/C11H20FNO.C2H6/c1-4-5-11(9-14-3)6-10(7-12)8-13(11)2;1-2/h7H,4-6,8-9H2,1-3H3;1-2H3/b10-7-;. The number of nitrogens with zero attached hydrogens (tertiary/aromatic N) is 1. The lowest BCUT2D eigenvalue weighted by Crippen LogP contribution is -2.45. The van der Waals surface area contributed by atoms with Crippen molar-refractivity contribution < 1.29 is 9.13 Å². The quantitative estimate of drug-likeness (QED) is 0.735. The fourth-order valence-electron chi connectivity index (χ4n) is 2.41. The van der Waals surface area contributed by atoms with Crippen LogP contribution >= 0.6 is 0 Å². The Kier molecular flexibility index (Phi) is 7.60. The van der Waals surface area contributed by atoms with E-state index in [1.54, 1.807) is 7.11 Å². The topological polar surface area (TPSA) is 12.5 Å². The second kappa shape index (κ2) is 7.80. The Balaban J connectivity index is 0.00000106. The van der Waals surface area contributed by atoms with Crippen LogP contribution in [0.25, 0.3) is 0 Å². The third kappa shape index (κ3) is 3.56. The summed E-state index contributed by atoms with van der Waals surface area (Å²) in [5.74, 6) is 0. The molecule has 0 aliphatic carbocycles. The predicted octanol–water partition coefficient (Wildman–Crippen LogP) is 3.39. The van der Waals surface area contributed by atoms with Crippen LogP contribution in [0.2, 0.25) is 0 Å². The van der Waals surface area contributed by atoms with Gasteiger partial charge in [-0.2, -0.15) is 0 Å². The number of likely N-dealkylation sites (tertiary alicyclic amines) is 1. The number of ether oxygens (including phenoxy) is 1. The Morgan fingerprint density at radius 3 is 2.50 bits per heavy atom. The lowest BCUT2D eigenvalue weighted by molar-refractivity contribution is 0.0463. The largest absolute Gasteiger partial charge is 0.383 e. The molecule has 0 spiro atoms. The molecule has 0 bridgehead atoms. The molecule has 0 aromatic heterocycles. The van der Waals surface area contributed by atoms with Crippen molar-refractivity contribution in [3.63, 3.8) is 0 Å². The van der Waals surface area contributed by atoms with Gasteiger partial charge in [-0.05, 0) is 25.5 Å². The normalized spacial score (nSPS) is 28.0. The summed E-state index contributed by atoms with van der Waals surface area (Å²) in [5, 5.41) is 0. The summed E-state index contributed by atoms with van der Waals surface area (Å²) >= 11 is 0. The van der Waals surface area contributed by atoms with E-state index in [-0.39, 0.29) is 5.54 Å². The van der Waals surface area contributed by atoms with Gasteiger partial charge in [-0.15, -0.1) is 0 Å². The van der Waals surface area contributed by atoms with Gasteiger partial charge < -0.3 is 4.74 Å². The lowest BCUT2D eigenvalue weighted by Gasteiger charge is -2.35. The van der Waals surface area contributed by atoms with Crippen molar-refractivity contribution in [2.24, 2.45) is 0 Å². The van der Waals surface area contributed by atoms with Gasteiger partial charge in [0.15, 0.2) is 0 Å². The third-order valence-corrected chi connectivity index (χ3v) is 3.09. The third-order valence-electron chi connectivity index (χ3n) is 3.09. The van der Waals surface area contributed by atoms with Crippen molar-refractivity contribution in [3.05, 3.63) is 11.9 Å². The first-order valence-electron chi connectivity index (χ1n) is 6.17. The van der Waals surface area contributed by atoms with E-state index in [0.717, 1.165) is 37.7 Å². The van der Waals surface area contributed by atoms with Gasteiger partial charge in [0.2, 0.25) is 0 Å². The van der Waals surface area contributed by atoms with Gasteiger partial charge in [0.1, 0.15) is 0 Å². The molecule has 96 valence electrons. The minimum atomic E-state index is 0.0292. The maximum Gasteiger partial charge on any atom is 0.0872 e. The lowest BCUT2D eigenvalue weighted by atomic mass is 9.91. The number of rotatable bonds is 4. The Bertz CT molecular complexity index is 210. The van der Waals surface area contributed by atoms with Crippen LogP contribution < -0.4 is 0 Å². The first kappa shape index (κ1) is 15.6. The summed E-state index contributed by atoms with van der Waals surface area (Å²) in [6.45, 7) is 7.58. The molecule has 1 saturated heterocycles. The number of methoxy groups -OCH3 is 1. The highest BCUT2D eigenvalue weighted by Crippen LogP contribution is 2.35. The second-order valence-electron chi connectivity index (χ2n) is 4.21. The summed E-state index contributed by atoms with van der Waals surface area (Å²) in [6, 6.07) is 0. The van der Waals surface area contributed by atoms with Crippen LogP contribution in [0.3, 0.4) is 0 Å². The van der Waals surface area contributed by atoms with Gasteiger partial charge in [-0.1, -0.05) is 27.2 Å². The molecule has 1 aliphatic rings. The monoisotopic (exact) mass is 231 g/mol. The van der Waals surface area contributed by atoms with E-state index in [0.29, 0.717) is 6.61 Å². The van der Waals surface area contributed by atoms with Crippen molar-refractivity contribution >= 4 is 0 Å². The Morgan fingerprint density at radius 2 is 2.12 bits per heavy atom. The van der Waals surface area contributed by atoms with Gasteiger partial charge >= 0.3 is 0 Å². The van der Waals surface area contributed by atoms with Crippen LogP contribution in [0.15, 0.2) is 11.9 Å². The van der Waals surface area contributed by atoms with Crippen molar-refractivity contribution in [1.82, 2.24) is 4.90 Å². The van der Waals surface area contributed by atoms with Crippen LogP contribution in [0.5, 0.6) is 0 Å². The highest BCUT2D eigenvalue weighted by molar-refractivity contribution is 5.16. The number of hydrogen-bond acceptors (Lipinski definition) is 2. The minimum Gasteiger partial charge on any atom is -0.383 e. The average Bonchev–Trinajstić information content (AvgIpc) is 2.60. The van der Waals surface area contributed by atoms with Crippen molar-refractivity contribution in [3.8, 4) is 0 Å². The van der Waals surface area contributed by atoms with E-state index in [1.807, 2.05) is 20.9 Å². The van der Waals surface area contributed by atoms with Crippen molar-refractivity contribution in [2.75, 3.05) is 27.3 Å². The first-order chi connectivity index (χ1) is 7.68. The Hall–Kier alpha value is -0.410. The number of halogens is 1. The van der Waals surface area contributed by atoms with E-state index in [1.165, 1.54) is 0 Å². The highest BCUT2D eigenvalue weighted by Gasteiger charge is 2.40. The van der Waals surface area contributed by atoms with Gasteiger partial charge in [-0.3, -0.25) is 4.90 Å². The molecule has 2 nitrogen and oxygen atoms in total. The number of likely N-dealkylation sites (N-methyl/N-ethyl adjacent to an activating group) is 1. The Morgan fingerprint density at radius 1 is 1.50 bits per heavy atom. The molecule has 1 fully saturated rings. The van der Waals surface area contributed by atoms with E-state index >= 15 is 0 Å². The molecule has 1 aliphatic heterocycles. The molecule has 0 saturated carbocycles. The van der Waals surface area contributed by atoms with Crippen molar-refractivity contribution in [2.45, 2.75) is 45.6 Å². The molecule has 1 rings (SSSR count). The second-order valence-corrected chi connectivity index (χ2v) is 4.21. The van der Waals surface area contributed by atoms with Crippen LogP contribution in [0.4, 0.5) is 4.39 Å². The smallest absolute Gasteiger partial charge is 0.0872 e. The molecule has 0 aromatic rings. The molecule has 1 atom stereocenters. The average molecular weight is 231 g/mol. The summed E-state index contributed by atoms with van der Waals surface area (Å²) in [4.78, 5) is 2.21. The van der Waals surface area contributed by atoms with Crippen LogP contribution in [-0.4, -0.2) is 37.7 Å². The van der Waals surface area contributed by atoms with Gasteiger partial charge in [0, 0.05) is 19.2 Å². The minimum absolute atomic E-state index is 0.0292. The van der Waals surface area contributed by atoms with Crippen LogP contribution in [0.1, 0.15) is 40.0 Å². The zero-order chi connectivity index (χ0) is 12.6. The molecule has 1 unspecified atom stereocenters. The Labute approximate surface area is 99.5 Å². The molecule has 0 N–H and O–H groups in total. The molecule has 0 radical (unpaired) electrons. The molecule has 0 aromatic carbocycles. The van der Waals surface area contributed by atoms with Gasteiger partial charge in [0.05, 0.1) is 12.9 Å². The summed E-state index contributed by atoms with van der Waals surface area (Å²) in [7, 11) is 3.76. The maximum absolute atomic E-state index is 12.5. The van der Waals surface area contributed by atoms with E-state index in [9.17, 15) is 4.39 Å². The SMILES string of the molecule is CC.CCCC1(COC)C/C(=C/F)CN1C. The fraction of sp³-hybridized carbons (Fsp3) is 0.846. The predicted molar refractivity (Wildman–Crippen MR) is 67.3 cm³/mol. The fourth-order valence-corrected chi connectivity index (χ4v) is 2.41. The summed E-state index contributed by atoms with van der Waals surface area (Å²) in [5.41, 5.74) is 0.916. The van der Waals surface area contributed by atoms with E-state index < -0.39 is 0 Å². The summed E-state index contributed by atoms with van der Waals surface area (Å²) in [6.07, 6.45) is 3.73. The molecule has 3 heteroatoms. The molecular weight excluding hydrogens is 205 g/mol. The zero-order valence-corrected chi connectivity index (χ0v) is 11.3. The van der Waals surface area contributed by atoms with E-state index in [2.05, 4.69) is 11.8 Å². The molecular formula is C13H26FNO. The molecule has 16 heavy (non-hydrogen) atoms. The zero-order valence-electron chi connectivity index (χ0n) is 11.3. The van der Waals surface area contributed by atoms with Gasteiger partial charge in [-0.25, -0.2) is 4.39 Å². The summed E-state index contributed by atoms with van der Waals surface area (Å²) < 4.78 is 17.7. The molecule has 1 heterocycles. The first-order valence-corrected chi connectivity index (χ1v) is 6.17. The van der Waals surface area contributed by atoms with Crippen LogP contribution in [-0.2, 0) is 4.74 Å². The van der Waals surface area contributed by atoms with E-state index in [4.69, 9.17) is 4.74 Å². The van der Waals surface area contributed by atoms with Gasteiger partial charge in [0.25, 0.3) is 0 Å². The highest BCUT2D eigenvalue weighted by atomic mass is 19.1. The number of hydrogen-bond donors (Lipinski definition) is 0. The maximum atomic E-state index is 12.5. The van der Waals surface area contributed by atoms with Crippen LogP contribution in [0, 0.1) is 0 Å². The van der Waals surface area contributed by atoms with Crippen molar-refractivity contribution in [1.29, 1.82) is 0 Å². The molecule has 0 amide bonds.